The number of rotatable bonds is 5. The van der Waals surface area contributed by atoms with E-state index in [4.69, 9.17) is 4.98 Å². The first kappa shape index (κ1) is 16.5. The van der Waals surface area contributed by atoms with E-state index in [0.29, 0.717) is 18.0 Å². The SMILES string of the molecule is CC(C)n1ncc2c(C(=O)NCC3(O)CCCC3)cc(C3CC3)nc21. The van der Waals surface area contributed by atoms with E-state index in [2.05, 4.69) is 24.3 Å². The van der Waals surface area contributed by atoms with Crippen molar-refractivity contribution in [2.24, 2.45) is 0 Å². The Kier molecular flexibility index (Phi) is 4.02. The minimum absolute atomic E-state index is 0.141. The van der Waals surface area contributed by atoms with Crippen molar-refractivity contribution in [2.75, 3.05) is 6.54 Å². The maximum atomic E-state index is 12.8. The van der Waals surface area contributed by atoms with E-state index >= 15 is 0 Å². The Morgan fingerprint density at radius 1 is 1.40 bits per heavy atom. The van der Waals surface area contributed by atoms with Crippen molar-refractivity contribution in [1.29, 1.82) is 0 Å². The van der Waals surface area contributed by atoms with Crippen LogP contribution in [0.4, 0.5) is 0 Å². The Morgan fingerprint density at radius 3 is 2.76 bits per heavy atom. The van der Waals surface area contributed by atoms with Gasteiger partial charge in [0.05, 0.1) is 22.7 Å². The molecular formula is C19H26N4O2. The quantitative estimate of drug-likeness (QED) is 0.875. The number of carbonyl (C=O) groups is 1. The third-order valence-corrected chi connectivity index (χ3v) is 5.43. The standard InChI is InChI=1S/C19H26N4O2/c1-12(2)23-17-15(10-21-23)14(9-16(22-17)13-5-6-13)18(24)20-11-19(25)7-3-4-8-19/h9-10,12-13,25H,3-8,11H2,1-2H3,(H,20,24). The zero-order valence-corrected chi connectivity index (χ0v) is 15.0. The summed E-state index contributed by atoms with van der Waals surface area (Å²) in [6.07, 6.45) is 7.58. The molecule has 0 saturated heterocycles. The van der Waals surface area contributed by atoms with Gasteiger partial charge in [0.2, 0.25) is 0 Å². The summed E-state index contributed by atoms with van der Waals surface area (Å²) in [5.41, 5.74) is 1.65. The van der Waals surface area contributed by atoms with Crippen LogP contribution in [0.1, 0.15) is 80.4 Å². The van der Waals surface area contributed by atoms with Crippen LogP contribution in [-0.4, -0.2) is 37.9 Å². The van der Waals surface area contributed by atoms with Gasteiger partial charge < -0.3 is 10.4 Å². The molecule has 0 spiro atoms. The lowest BCUT2D eigenvalue weighted by molar-refractivity contribution is 0.0450. The Hall–Kier alpha value is -1.95. The topological polar surface area (TPSA) is 80.0 Å². The predicted octanol–water partition coefficient (Wildman–Crippen LogP) is 2.92. The van der Waals surface area contributed by atoms with E-state index in [1.54, 1.807) is 6.20 Å². The van der Waals surface area contributed by atoms with Crippen LogP contribution in [0.25, 0.3) is 11.0 Å². The molecule has 0 aliphatic heterocycles. The zero-order valence-electron chi connectivity index (χ0n) is 15.0. The molecule has 0 radical (unpaired) electrons. The fourth-order valence-electron chi connectivity index (χ4n) is 3.74. The second-order valence-corrected chi connectivity index (χ2v) is 7.90. The number of hydrogen-bond donors (Lipinski definition) is 2. The molecule has 6 heteroatoms. The fraction of sp³-hybridized carbons (Fsp3) is 0.632. The van der Waals surface area contributed by atoms with Crippen molar-refractivity contribution in [1.82, 2.24) is 20.1 Å². The van der Waals surface area contributed by atoms with Gasteiger partial charge in [0, 0.05) is 24.2 Å². The van der Waals surface area contributed by atoms with E-state index in [9.17, 15) is 9.90 Å². The molecule has 0 aromatic carbocycles. The van der Waals surface area contributed by atoms with Gasteiger partial charge in [-0.15, -0.1) is 0 Å². The predicted molar refractivity (Wildman–Crippen MR) is 95.6 cm³/mol. The summed E-state index contributed by atoms with van der Waals surface area (Å²) in [6, 6.07) is 2.11. The molecule has 0 atom stereocenters. The van der Waals surface area contributed by atoms with Gasteiger partial charge in [0.1, 0.15) is 0 Å². The van der Waals surface area contributed by atoms with Gasteiger partial charge in [0.25, 0.3) is 5.91 Å². The molecule has 25 heavy (non-hydrogen) atoms. The maximum Gasteiger partial charge on any atom is 0.252 e. The highest BCUT2D eigenvalue weighted by Crippen LogP contribution is 2.40. The number of aromatic nitrogens is 3. The molecule has 2 saturated carbocycles. The smallest absolute Gasteiger partial charge is 0.252 e. The number of carbonyl (C=O) groups excluding carboxylic acids is 1. The summed E-state index contributed by atoms with van der Waals surface area (Å²) in [5.74, 6) is 0.323. The van der Waals surface area contributed by atoms with Crippen molar-refractivity contribution in [3.8, 4) is 0 Å². The normalized spacial score (nSPS) is 19.7. The van der Waals surface area contributed by atoms with Gasteiger partial charge in [-0.3, -0.25) is 4.79 Å². The highest BCUT2D eigenvalue weighted by atomic mass is 16.3. The summed E-state index contributed by atoms with van der Waals surface area (Å²) in [5, 5.41) is 18.7. The number of nitrogens with zero attached hydrogens (tertiary/aromatic N) is 3. The number of hydrogen-bond acceptors (Lipinski definition) is 4. The zero-order chi connectivity index (χ0) is 17.6. The summed E-state index contributed by atoms with van der Waals surface area (Å²) in [7, 11) is 0. The van der Waals surface area contributed by atoms with Gasteiger partial charge in [-0.1, -0.05) is 12.8 Å². The average molecular weight is 342 g/mol. The molecule has 2 aromatic heterocycles. The number of nitrogens with one attached hydrogen (secondary N) is 1. The number of pyridine rings is 1. The van der Waals surface area contributed by atoms with Crippen molar-refractivity contribution < 1.29 is 9.90 Å². The third kappa shape index (κ3) is 3.15. The summed E-state index contributed by atoms with van der Waals surface area (Å²) in [4.78, 5) is 17.6. The first-order chi connectivity index (χ1) is 12.0. The molecule has 2 heterocycles. The van der Waals surface area contributed by atoms with Crippen LogP contribution in [0.3, 0.4) is 0 Å². The van der Waals surface area contributed by atoms with Crippen LogP contribution in [-0.2, 0) is 0 Å². The number of aliphatic hydroxyl groups is 1. The van der Waals surface area contributed by atoms with Gasteiger partial charge in [0.15, 0.2) is 5.65 Å². The fourth-order valence-corrected chi connectivity index (χ4v) is 3.74. The molecule has 134 valence electrons. The molecule has 2 fully saturated rings. The number of amides is 1. The largest absolute Gasteiger partial charge is 0.388 e. The van der Waals surface area contributed by atoms with Gasteiger partial charge >= 0.3 is 0 Å². The van der Waals surface area contributed by atoms with Crippen LogP contribution >= 0.6 is 0 Å². The lowest BCUT2D eigenvalue weighted by atomic mass is 10.0. The van der Waals surface area contributed by atoms with E-state index in [1.807, 2.05) is 10.7 Å². The summed E-state index contributed by atoms with van der Waals surface area (Å²) < 4.78 is 1.88. The molecule has 2 aliphatic carbocycles. The van der Waals surface area contributed by atoms with Gasteiger partial charge in [-0.25, -0.2) is 9.67 Å². The highest BCUT2D eigenvalue weighted by Gasteiger charge is 2.32. The van der Waals surface area contributed by atoms with Crippen LogP contribution < -0.4 is 5.32 Å². The average Bonchev–Trinajstić information content (AvgIpc) is 3.20. The van der Waals surface area contributed by atoms with Crippen molar-refractivity contribution in [2.45, 2.75) is 69.9 Å². The van der Waals surface area contributed by atoms with Crippen LogP contribution in [0.5, 0.6) is 0 Å². The second-order valence-electron chi connectivity index (χ2n) is 7.90. The van der Waals surface area contributed by atoms with E-state index in [1.165, 1.54) is 0 Å². The van der Waals surface area contributed by atoms with Gasteiger partial charge in [-0.2, -0.15) is 5.10 Å². The van der Waals surface area contributed by atoms with Gasteiger partial charge in [-0.05, 0) is 45.6 Å². The minimum atomic E-state index is -0.747. The summed E-state index contributed by atoms with van der Waals surface area (Å²) in [6.45, 7) is 4.44. The van der Waals surface area contributed by atoms with E-state index in [-0.39, 0.29) is 11.9 Å². The van der Waals surface area contributed by atoms with Crippen molar-refractivity contribution >= 4 is 16.9 Å². The molecule has 4 rings (SSSR count). The van der Waals surface area contributed by atoms with Crippen LogP contribution in [0, 0.1) is 0 Å². The van der Waals surface area contributed by atoms with Crippen molar-refractivity contribution in [3.63, 3.8) is 0 Å². The molecule has 0 bridgehead atoms. The van der Waals surface area contributed by atoms with E-state index in [0.717, 1.165) is 55.3 Å². The molecule has 2 aromatic rings. The third-order valence-electron chi connectivity index (χ3n) is 5.43. The monoisotopic (exact) mass is 342 g/mol. The molecule has 2 N–H and O–H groups in total. The Morgan fingerprint density at radius 2 is 2.12 bits per heavy atom. The molecule has 6 nitrogen and oxygen atoms in total. The Balaban J connectivity index is 1.66. The first-order valence-corrected chi connectivity index (χ1v) is 9.36. The molecule has 2 aliphatic rings. The Bertz CT molecular complexity index is 801. The lowest BCUT2D eigenvalue weighted by Gasteiger charge is -2.22. The lowest BCUT2D eigenvalue weighted by Crippen LogP contribution is -2.40. The number of fused-ring (bicyclic) bond motifs is 1. The summed E-state index contributed by atoms with van der Waals surface area (Å²) >= 11 is 0. The Labute approximate surface area is 147 Å². The molecule has 1 amide bonds. The second kappa shape index (κ2) is 6.09. The minimum Gasteiger partial charge on any atom is -0.388 e. The van der Waals surface area contributed by atoms with E-state index < -0.39 is 5.60 Å². The highest BCUT2D eigenvalue weighted by molar-refractivity contribution is 6.05. The first-order valence-electron chi connectivity index (χ1n) is 9.36. The van der Waals surface area contributed by atoms with Crippen molar-refractivity contribution in [3.05, 3.63) is 23.5 Å². The van der Waals surface area contributed by atoms with Crippen LogP contribution in [0.15, 0.2) is 12.3 Å². The molecule has 0 unspecified atom stereocenters. The molecular weight excluding hydrogens is 316 g/mol. The maximum absolute atomic E-state index is 12.8. The van der Waals surface area contributed by atoms with Crippen LogP contribution in [0.2, 0.25) is 0 Å².